The second-order valence-corrected chi connectivity index (χ2v) is 4.95. The summed E-state index contributed by atoms with van der Waals surface area (Å²) in [6.45, 7) is 4.38. The molecule has 1 nitrogen and oxygen atoms in total. The maximum absolute atomic E-state index is 5.92. The van der Waals surface area contributed by atoms with Crippen molar-refractivity contribution in [3.63, 3.8) is 0 Å². The zero-order chi connectivity index (χ0) is 11.5. The van der Waals surface area contributed by atoms with Gasteiger partial charge in [-0.15, -0.1) is 0 Å². The Morgan fingerprint density at radius 2 is 1.69 bits per heavy atom. The predicted octanol–water partition coefficient (Wildman–Crippen LogP) is 3.59. The van der Waals surface area contributed by atoms with Crippen LogP contribution in [0.2, 0.25) is 0 Å². The highest BCUT2D eigenvalue weighted by Gasteiger charge is 2.12. The Balaban J connectivity index is 2.22. The summed E-state index contributed by atoms with van der Waals surface area (Å²) in [5.74, 6) is 0. The van der Waals surface area contributed by atoms with Gasteiger partial charge in [0.15, 0.2) is 0 Å². The first-order chi connectivity index (χ1) is 7.66. The van der Waals surface area contributed by atoms with Crippen molar-refractivity contribution in [3.05, 3.63) is 40.5 Å². The highest BCUT2D eigenvalue weighted by Crippen LogP contribution is 2.26. The number of aryl methyl sites for hydroxylation is 2. The molecule has 1 aromatic rings. The SMILES string of the molecule is Cc1cccc(C)c1C=C1CCC(N)CC1. The molecule has 1 saturated carbocycles. The first-order valence-electron chi connectivity index (χ1n) is 6.18. The number of rotatable bonds is 1. The molecule has 0 saturated heterocycles. The van der Waals surface area contributed by atoms with E-state index in [2.05, 4.69) is 38.1 Å². The van der Waals surface area contributed by atoms with Crippen molar-refractivity contribution in [1.29, 1.82) is 0 Å². The maximum Gasteiger partial charge on any atom is 0.00449 e. The van der Waals surface area contributed by atoms with Gasteiger partial charge in [0, 0.05) is 6.04 Å². The number of hydrogen-bond donors (Lipinski definition) is 1. The van der Waals surface area contributed by atoms with E-state index in [-0.39, 0.29) is 0 Å². The van der Waals surface area contributed by atoms with Crippen LogP contribution in [0, 0.1) is 13.8 Å². The zero-order valence-electron chi connectivity index (χ0n) is 10.3. The average Bonchev–Trinajstić information content (AvgIpc) is 2.26. The van der Waals surface area contributed by atoms with E-state index in [1.165, 1.54) is 29.5 Å². The lowest BCUT2D eigenvalue weighted by molar-refractivity contribution is 0.514. The van der Waals surface area contributed by atoms with Crippen LogP contribution in [0.4, 0.5) is 0 Å². The number of benzene rings is 1. The molecule has 0 aliphatic heterocycles. The van der Waals surface area contributed by atoms with Crippen LogP contribution in [0.15, 0.2) is 23.8 Å². The fourth-order valence-electron chi connectivity index (χ4n) is 2.41. The van der Waals surface area contributed by atoms with Crippen molar-refractivity contribution in [3.8, 4) is 0 Å². The Morgan fingerprint density at radius 3 is 2.25 bits per heavy atom. The van der Waals surface area contributed by atoms with E-state index in [9.17, 15) is 0 Å². The summed E-state index contributed by atoms with van der Waals surface area (Å²) >= 11 is 0. The average molecular weight is 215 g/mol. The van der Waals surface area contributed by atoms with Gasteiger partial charge in [-0.25, -0.2) is 0 Å². The standard InChI is InChI=1S/C15H21N/c1-11-4-3-5-12(2)15(11)10-13-6-8-14(16)9-7-13/h3-5,10,14H,6-9,16H2,1-2H3. The van der Waals surface area contributed by atoms with Crippen LogP contribution < -0.4 is 5.73 Å². The first-order valence-corrected chi connectivity index (χ1v) is 6.18. The number of nitrogens with two attached hydrogens (primary N) is 1. The monoisotopic (exact) mass is 215 g/mol. The second-order valence-electron chi connectivity index (χ2n) is 4.95. The van der Waals surface area contributed by atoms with Crippen molar-refractivity contribution in [2.24, 2.45) is 5.73 Å². The molecule has 1 aromatic carbocycles. The minimum atomic E-state index is 0.426. The van der Waals surface area contributed by atoms with Gasteiger partial charge in [0.05, 0.1) is 0 Å². The molecule has 0 heterocycles. The summed E-state index contributed by atoms with van der Waals surface area (Å²) in [4.78, 5) is 0. The van der Waals surface area contributed by atoms with Gasteiger partial charge in [-0.3, -0.25) is 0 Å². The van der Waals surface area contributed by atoms with Crippen molar-refractivity contribution >= 4 is 6.08 Å². The van der Waals surface area contributed by atoms with Crippen LogP contribution in [0.5, 0.6) is 0 Å². The fraction of sp³-hybridized carbons (Fsp3) is 0.467. The third kappa shape index (κ3) is 2.53. The lowest BCUT2D eigenvalue weighted by atomic mass is 9.89. The molecule has 0 amide bonds. The Labute approximate surface area is 98.4 Å². The summed E-state index contributed by atoms with van der Waals surface area (Å²) < 4.78 is 0. The van der Waals surface area contributed by atoms with E-state index >= 15 is 0 Å². The quantitative estimate of drug-likeness (QED) is 0.761. The number of hydrogen-bond acceptors (Lipinski definition) is 1. The molecular weight excluding hydrogens is 194 g/mol. The van der Waals surface area contributed by atoms with Gasteiger partial charge in [0.2, 0.25) is 0 Å². The molecule has 16 heavy (non-hydrogen) atoms. The fourth-order valence-corrected chi connectivity index (χ4v) is 2.41. The van der Waals surface area contributed by atoms with Gasteiger partial charge in [0.1, 0.15) is 0 Å². The van der Waals surface area contributed by atoms with Crippen LogP contribution in [0.25, 0.3) is 6.08 Å². The van der Waals surface area contributed by atoms with E-state index in [0.29, 0.717) is 6.04 Å². The van der Waals surface area contributed by atoms with Crippen molar-refractivity contribution < 1.29 is 0 Å². The summed E-state index contributed by atoms with van der Waals surface area (Å²) in [5.41, 5.74) is 11.7. The lowest BCUT2D eigenvalue weighted by Gasteiger charge is -2.20. The summed E-state index contributed by atoms with van der Waals surface area (Å²) in [7, 11) is 0. The minimum Gasteiger partial charge on any atom is -0.328 e. The molecule has 2 N–H and O–H groups in total. The molecule has 0 radical (unpaired) electrons. The predicted molar refractivity (Wildman–Crippen MR) is 70.3 cm³/mol. The van der Waals surface area contributed by atoms with Crippen molar-refractivity contribution in [1.82, 2.24) is 0 Å². The Kier molecular flexibility index (Phi) is 3.45. The van der Waals surface area contributed by atoms with Gasteiger partial charge in [-0.05, 0) is 56.2 Å². The molecule has 1 fully saturated rings. The molecule has 2 rings (SSSR count). The summed E-state index contributed by atoms with van der Waals surface area (Å²) in [5, 5.41) is 0. The van der Waals surface area contributed by atoms with E-state index < -0.39 is 0 Å². The van der Waals surface area contributed by atoms with Gasteiger partial charge in [-0.2, -0.15) is 0 Å². The van der Waals surface area contributed by atoms with Gasteiger partial charge >= 0.3 is 0 Å². The minimum absolute atomic E-state index is 0.426. The van der Waals surface area contributed by atoms with Crippen LogP contribution in [0.3, 0.4) is 0 Å². The molecule has 0 spiro atoms. The third-order valence-electron chi connectivity index (χ3n) is 3.56. The molecule has 1 aliphatic rings. The lowest BCUT2D eigenvalue weighted by Crippen LogP contribution is -2.23. The first kappa shape index (κ1) is 11.4. The molecule has 1 heteroatoms. The molecule has 0 bridgehead atoms. The molecule has 86 valence electrons. The maximum atomic E-state index is 5.92. The van der Waals surface area contributed by atoms with Crippen LogP contribution in [-0.2, 0) is 0 Å². The van der Waals surface area contributed by atoms with E-state index in [4.69, 9.17) is 5.73 Å². The largest absolute Gasteiger partial charge is 0.328 e. The van der Waals surface area contributed by atoms with E-state index in [1.54, 1.807) is 5.57 Å². The third-order valence-corrected chi connectivity index (χ3v) is 3.56. The molecule has 1 aliphatic carbocycles. The zero-order valence-corrected chi connectivity index (χ0v) is 10.3. The van der Waals surface area contributed by atoms with Gasteiger partial charge in [-0.1, -0.05) is 29.8 Å². The van der Waals surface area contributed by atoms with Gasteiger partial charge in [0.25, 0.3) is 0 Å². The highest BCUT2D eigenvalue weighted by atomic mass is 14.6. The summed E-state index contributed by atoms with van der Waals surface area (Å²) in [6, 6.07) is 6.93. The Bertz CT molecular complexity index is 374. The van der Waals surface area contributed by atoms with E-state index in [0.717, 1.165) is 12.8 Å². The van der Waals surface area contributed by atoms with Gasteiger partial charge < -0.3 is 5.73 Å². The summed E-state index contributed by atoms with van der Waals surface area (Å²) in [6.07, 6.45) is 7.04. The topological polar surface area (TPSA) is 26.0 Å². The Morgan fingerprint density at radius 1 is 1.12 bits per heavy atom. The van der Waals surface area contributed by atoms with Crippen molar-refractivity contribution in [2.45, 2.75) is 45.6 Å². The van der Waals surface area contributed by atoms with Crippen LogP contribution >= 0.6 is 0 Å². The number of allylic oxidation sites excluding steroid dienone is 1. The van der Waals surface area contributed by atoms with Crippen LogP contribution in [0.1, 0.15) is 42.4 Å². The smallest absolute Gasteiger partial charge is 0.00449 e. The normalized spacial score (nSPS) is 20.9. The van der Waals surface area contributed by atoms with E-state index in [1.807, 2.05) is 0 Å². The highest BCUT2D eigenvalue weighted by molar-refractivity contribution is 5.60. The molecular formula is C15H21N. The molecule has 0 unspecified atom stereocenters. The second kappa shape index (κ2) is 4.84. The molecule has 0 atom stereocenters. The van der Waals surface area contributed by atoms with Crippen molar-refractivity contribution in [2.75, 3.05) is 0 Å². The molecule has 0 aromatic heterocycles. The Hall–Kier alpha value is -1.08. The van der Waals surface area contributed by atoms with Crippen LogP contribution in [-0.4, -0.2) is 6.04 Å².